The number of hydrogen-bond donors (Lipinski definition) is 2. The Hall–Kier alpha value is -1.13. The molecular formula is C15H23FN2O. The fourth-order valence-electron chi connectivity index (χ4n) is 2.60. The quantitative estimate of drug-likeness (QED) is 0.859. The van der Waals surface area contributed by atoms with Crippen LogP contribution < -0.4 is 5.32 Å². The van der Waals surface area contributed by atoms with Crippen molar-refractivity contribution >= 4 is 0 Å². The number of phenols is 1. The predicted molar refractivity (Wildman–Crippen MR) is 74.7 cm³/mol. The van der Waals surface area contributed by atoms with E-state index in [1.807, 2.05) is 0 Å². The van der Waals surface area contributed by atoms with Crippen LogP contribution in [0.15, 0.2) is 18.2 Å². The summed E-state index contributed by atoms with van der Waals surface area (Å²) in [6, 6.07) is 4.54. The smallest absolute Gasteiger partial charge is 0.123 e. The van der Waals surface area contributed by atoms with Crippen molar-refractivity contribution in [2.45, 2.75) is 38.8 Å². The van der Waals surface area contributed by atoms with Crippen molar-refractivity contribution in [2.24, 2.45) is 0 Å². The Kier molecular flexibility index (Phi) is 5.16. The number of likely N-dealkylation sites (tertiary alicyclic amines) is 1. The molecule has 2 N–H and O–H groups in total. The zero-order valence-corrected chi connectivity index (χ0v) is 11.5. The monoisotopic (exact) mass is 266 g/mol. The van der Waals surface area contributed by atoms with Gasteiger partial charge in [0.15, 0.2) is 0 Å². The summed E-state index contributed by atoms with van der Waals surface area (Å²) in [6.45, 7) is 5.92. The van der Waals surface area contributed by atoms with Crippen LogP contribution in [0.1, 0.15) is 31.7 Å². The van der Waals surface area contributed by atoms with Gasteiger partial charge in [-0.2, -0.15) is 0 Å². The summed E-state index contributed by atoms with van der Waals surface area (Å²) in [5, 5.41) is 12.9. The van der Waals surface area contributed by atoms with Gasteiger partial charge >= 0.3 is 0 Å². The molecule has 4 heteroatoms. The van der Waals surface area contributed by atoms with E-state index in [0.717, 1.165) is 6.54 Å². The molecule has 1 atom stereocenters. The van der Waals surface area contributed by atoms with Gasteiger partial charge < -0.3 is 10.4 Å². The molecule has 1 aliphatic rings. The zero-order chi connectivity index (χ0) is 13.7. The number of benzene rings is 1. The lowest BCUT2D eigenvalue weighted by atomic mass is 10.1. The van der Waals surface area contributed by atoms with Crippen LogP contribution in [0.4, 0.5) is 4.39 Å². The fourth-order valence-corrected chi connectivity index (χ4v) is 2.60. The Morgan fingerprint density at radius 2 is 2.05 bits per heavy atom. The molecule has 1 aromatic rings. The average molecular weight is 266 g/mol. The molecule has 1 heterocycles. The maximum absolute atomic E-state index is 13.1. The number of nitrogens with one attached hydrogen (secondary N) is 1. The summed E-state index contributed by atoms with van der Waals surface area (Å²) in [5.74, 6) is -0.154. The van der Waals surface area contributed by atoms with Crippen LogP contribution in [-0.4, -0.2) is 35.7 Å². The maximum Gasteiger partial charge on any atom is 0.123 e. The lowest BCUT2D eigenvalue weighted by Crippen LogP contribution is -2.42. The standard InChI is InChI=1S/C15H23FN2O/c1-12(18-7-3-2-4-8-18)10-17-11-13-9-14(16)5-6-15(13)19/h5-6,9,12,17,19H,2-4,7-8,10-11H2,1H3. The Morgan fingerprint density at radius 3 is 2.79 bits per heavy atom. The van der Waals surface area contributed by atoms with E-state index in [1.165, 1.54) is 50.6 Å². The topological polar surface area (TPSA) is 35.5 Å². The summed E-state index contributed by atoms with van der Waals surface area (Å²) in [5.41, 5.74) is 0.617. The molecule has 3 nitrogen and oxygen atoms in total. The maximum atomic E-state index is 13.1. The van der Waals surface area contributed by atoms with Gasteiger partial charge in [-0.15, -0.1) is 0 Å². The Labute approximate surface area is 114 Å². The van der Waals surface area contributed by atoms with Gasteiger partial charge in [-0.1, -0.05) is 6.42 Å². The number of hydrogen-bond acceptors (Lipinski definition) is 3. The first-order chi connectivity index (χ1) is 9.16. The van der Waals surface area contributed by atoms with Crippen molar-refractivity contribution in [3.05, 3.63) is 29.6 Å². The third-order valence-corrected chi connectivity index (χ3v) is 3.81. The highest BCUT2D eigenvalue weighted by molar-refractivity contribution is 5.32. The summed E-state index contributed by atoms with van der Waals surface area (Å²) in [7, 11) is 0. The molecule has 0 saturated carbocycles. The second-order valence-electron chi connectivity index (χ2n) is 5.35. The van der Waals surface area contributed by atoms with Crippen molar-refractivity contribution in [1.29, 1.82) is 0 Å². The molecule has 1 aliphatic heterocycles. The van der Waals surface area contributed by atoms with Crippen LogP contribution in [0.5, 0.6) is 5.75 Å². The van der Waals surface area contributed by atoms with E-state index >= 15 is 0 Å². The molecule has 0 aliphatic carbocycles. The molecule has 2 rings (SSSR count). The van der Waals surface area contributed by atoms with E-state index in [4.69, 9.17) is 0 Å². The molecule has 1 fully saturated rings. The highest BCUT2D eigenvalue weighted by atomic mass is 19.1. The second kappa shape index (κ2) is 6.87. The highest BCUT2D eigenvalue weighted by Crippen LogP contribution is 2.17. The van der Waals surface area contributed by atoms with Crippen LogP contribution in [0.25, 0.3) is 0 Å². The third kappa shape index (κ3) is 4.18. The number of aromatic hydroxyl groups is 1. The van der Waals surface area contributed by atoms with Crippen LogP contribution in [0.3, 0.4) is 0 Å². The van der Waals surface area contributed by atoms with E-state index in [1.54, 1.807) is 0 Å². The van der Waals surface area contributed by atoms with Gasteiger partial charge in [-0.05, 0) is 51.1 Å². The molecule has 0 spiro atoms. The SMILES string of the molecule is CC(CNCc1cc(F)ccc1O)N1CCCCC1. The van der Waals surface area contributed by atoms with Crippen molar-refractivity contribution in [3.63, 3.8) is 0 Å². The van der Waals surface area contributed by atoms with E-state index in [-0.39, 0.29) is 11.6 Å². The Bertz CT molecular complexity index is 405. The van der Waals surface area contributed by atoms with E-state index in [2.05, 4.69) is 17.1 Å². The molecular weight excluding hydrogens is 243 g/mol. The molecule has 106 valence electrons. The molecule has 1 unspecified atom stereocenters. The second-order valence-corrected chi connectivity index (χ2v) is 5.35. The van der Waals surface area contributed by atoms with Crippen LogP contribution in [-0.2, 0) is 6.54 Å². The van der Waals surface area contributed by atoms with E-state index in [0.29, 0.717) is 18.2 Å². The number of piperidine rings is 1. The van der Waals surface area contributed by atoms with E-state index < -0.39 is 0 Å². The molecule has 0 radical (unpaired) electrons. The molecule has 19 heavy (non-hydrogen) atoms. The largest absolute Gasteiger partial charge is 0.508 e. The van der Waals surface area contributed by atoms with Crippen LogP contribution in [0, 0.1) is 5.82 Å². The van der Waals surface area contributed by atoms with Gasteiger partial charge in [-0.3, -0.25) is 4.90 Å². The normalized spacial score (nSPS) is 18.4. The first kappa shape index (κ1) is 14.3. The summed E-state index contributed by atoms with van der Waals surface area (Å²) < 4.78 is 13.1. The van der Waals surface area contributed by atoms with E-state index in [9.17, 15) is 9.50 Å². The third-order valence-electron chi connectivity index (χ3n) is 3.81. The Balaban J connectivity index is 1.77. The molecule has 1 aromatic carbocycles. The minimum absolute atomic E-state index is 0.152. The summed E-state index contributed by atoms with van der Waals surface area (Å²) >= 11 is 0. The van der Waals surface area contributed by atoms with Crippen LogP contribution in [0.2, 0.25) is 0 Å². The minimum Gasteiger partial charge on any atom is -0.508 e. The van der Waals surface area contributed by atoms with Gasteiger partial charge in [0.1, 0.15) is 11.6 Å². The number of rotatable bonds is 5. The Morgan fingerprint density at radius 1 is 1.32 bits per heavy atom. The average Bonchev–Trinajstić information content (AvgIpc) is 2.43. The molecule has 0 amide bonds. The van der Waals surface area contributed by atoms with Crippen LogP contribution >= 0.6 is 0 Å². The summed E-state index contributed by atoms with van der Waals surface area (Å²) in [4.78, 5) is 2.49. The molecule has 0 aromatic heterocycles. The van der Waals surface area contributed by atoms with Gasteiger partial charge in [-0.25, -0.2) is 4.39 Å². The van der Waals surface area contributed by atoms with Crippen molar-refractivity contribution in [2.75, 3.05) is 19.6 Å². The zero-order valence-electron chi connectivity index (χ0n) is 11.5. The van der Waals surface area contributed by atoms with Crippen molar-refractivity contribution in [1.82, 2.24) is 10.2 Å². The lowest BCUT2D eigenvalue weighted by Gasteiger charge is -2.32. The highest BCUT2D eigenvalue weighted by Gasteiger charge is 2.16. The number of halogens is 1. The predicted octanol–water partition coefficient (Wildman–Crippen LogP) is 2.50. The molecule has 0 bridgehead atoms. The minimum atomic E-state index is -0.307. The first-order valence-corrected chi connectivity index (χ1v) is 7.09. The van der Waals surface area contributed by atoms with Crippen molar-refractivity contribution in [3.8, 4) is 5.75 Å². The molecule has 1 saturated heterocycles. The number of nitrogens with zero attached hydrogens (tertiary/aromatic N) is 1. The number of phenolic OH excluding ortho intramolecular Hbond substituents is 1. The first-order valence-electron chi connectivity index (χ1n) is 7.09. The van der Waals surface area contributed by atoms with Gasteiger partial charge in [0.05, 0.1) is 0 Å². The lowest BCUT2D eigenvalue weighted by molar-refractivity contribution is 0.170. The fraction of sp³-hybridized carbons (Fsp3) is 0.600. The van der Waals surface area contributed by atoms with Gasteiger partial charge in [0.25, 0.3) is 0 Å². The summed E-state index contributed by atoms with van der Waals surface area (Å²) in [6.07, 6.45) is 3.91. The van der Waals surface area contributed by atoms with Gasteiger partial charge in [0, 0.05) is 24.7 Å². The van der Waals surface area contributed by atoms with Crippen molar-refractivity contribution < 1.29 is 9.50 Å². The van der Waals surface area contributed by atoms with Gasteiger partial charge in [0.2, 0.25) is 0 Å².